The Morgan fingerprint density at radius 2 is 2.00 bits per heavy atom. The van der Waals surface area contributed by atoms with Gasteiger partial charge in [-0.05, 0) is 19.4 Å². The summed E-state index contributed by atoms with van der Waals surface area (Å²) in [6.45, 7) is 4.31. The van der Waals surface area contributed by atoms with Crippen molar-refractivity contribution in [2.24, 2.45) is 0 Å². The molecular weight excluding hydrogens is 254 g/mol. The summed E-state index contributed by atoms with van der Waals surface area (Å²) < 4.78 is 0. The van der Waals surface area contributed by atoms with Gasteiger partial charge in [-0.2, -0.15) is 0 Å². The van der Waals surface area contributed by atoms with E-state index in [1.54, 1.807) is 4.90 Å². The van der Waals surface area contributed by atoms with E-state index in [2.05, 4.69) is 9.97 Å². The largest absolute Gasteiger partial charge is 0.332 e. The van der Waals surface area contributed by atoms with E-state index >= 15 is 0 Å². The molecule has 0 aliphatic rings. The van der Waals surface area contributed by atoms with Gasteiger partial charge in [0, 0.05) is 18.8 Å². The van der Waals surface area contributed by atoms with Crippen LogP contribution in [0.1, 0.15) is 29.8 Å². The molecule has 1 N–H and O–H groups in total. The fourth-order valence-electron chi connectivity index (χ4n) is 1.92. The first-order valence-corrected chi connectivity index (χ1v) is 6.47. The molecule has 5 nitrogen and oxygen atoms in total. The van der Waals surface area contributed by atoms with Crippen molar-refractivity contribution in [3.63, 3.8) is 0 Å². The maximum Gasteiger partial charge on any atom is 0.263 e. The lowest BCUT2D eigenvalue weighted by Crippen LogP contribution is -2.39. The minimum atomic E-state index is -0.413. The highest BCUT2D eigenvalue weighted by Crippen LogP contribution is 2.11. The standard InChI is InChI=1S/C15H17N3O2/c1-11(2)18(9-12-6-4-3-5-7-12)15(20)13-8-16-10-17-14(13)19/h3-8,10-11H,9H2,1-2H3,(H,16,17,19). The van der Waals surface area contributed by atoms with E-state index in [-0.39, 0.29) is 17.5 Å². The molecule has 0 unspecified atom stereocenters. The summed E-state index contributed by atoms with van der Waals surface area (Å²) in [5, 5.41) is 0. The van der Waals surface area contributed by atoms with E-state index in [0.717, 1.165) is 5.56 Å². The van der Waals surface area contributed by atoms with Gasteiger partial charge < -0.3 is 9.88 Å². The highest BCUT2D eigenvalue weighted by Gasteiger charge is 2.21. The van der Waals surface area contributed by atoms with Crippen LogP contribution in [0.25, 0.3) is 0 Å². The van der Waals surface area contributed by atoms with Gasteiger partial charge in [0.2, 0.25) is 0 Å². The highest BCUT2D eigenvalue weighted by atomic mass is 16.2. The number of nitrogens with one attached hydrogen (secondary N) is 1. The number of carbonyl (C=O) groups excluding carboxylic acids is 1. The minimum absolute atomic E-state index is 0.0117. The van der Waals surface area contributed by atoms with Crippen molar-refractivity contribution in [3.8, 4) is 0 Å². The molecule has 5 heteroatoms. The predicted molar refractivity (Wildman–Crippen MR) is 76.3 cm³/mol. The van der Waals surface area contributed by atoms with Crippen molar-refractivity contribution in [3.05, 3.63) is 64.3 Å². The number of benzene rings is 1. The van der Waals surface area contributed by atoms with Crippen LogP contribution in [-0.2, 0) is 6.54 Å². The zero-order valence-corrected chi connectivity index (χ0v) is 11.5. The molecule has 1 aromatic carbocycles. The lowest BCUT2D eigenvalue weighted by atomic mass is 10.1. The summed E-state index contributed by atoms with van der Waals surface area (Å²) in [5.41, 5.74) is 0.677. The summed E-state index contributed by atoms with van der Waals surface area (Å²) in [6, 6.07) is 9.68. The fourth-order valence-corrected chi connectivity index (χ4v) is 1.92. The van der Waals surface area contributed by atoms with Crippen LogP contribution in [0, 0.1) is 0 Å². The normalized spacial score (nSPS) is 10.6. The Balaban J connectivity index is 2.28. The Kier molecular flexibility index (Phi) is 4.30. The molecule has 0 spiro atoms. The number of nitrogens with zero attached hydrogens (tertiary/aromatic N) is 2. The molecule has 0 aliphatic heterocycles. The van der Waals surface area contributed by atoms with E-state index in [1.165, 1.54) is 12.5 Å². The zero-order chi connectivity index (χ0) is 14.5. The third-order valence-electron chi connectivity index (χ3n) is 3.03. The number of H-pyrrole nitrogens is 1. The maximum atomic E-state index is 12.5. The molecule has 0 fully saturated rings. The van der Waals surface area contributed by atoms with Gasteiger partial charge >= 0.3 is 0 Å². The second-order valence-corrected chi connectivity index (χ2v) is 4.81. The number of carbonyl (C=O) groups is 1. The Morgan fingerprint density at radius 1 is 1.30 bits per heavy atom. The van der Waals surface area contributed by atoms with E-state index in [1.807, 2.05) is 44.2 Å². The topological polar surface area (TPSA) is 66.1 Å². The van der Waals surface area contributed by atoms with Crippen molar-refractivity contribution in [2.75, 3.05) is 0 Å². The van der Waals surface area contributed by atoms with E-state index < -0.39 is 5.56 Å². The van der Waals surface area contributed by atoms with Crippen LogP contribution in [0.15, 0.2) is 47.7 Å². The van der Waals surface area contributed by atoms with Crippen molar-refractivity contribution in [2.45, 2.75) is 26.4 Å². The van der Waals surface area contributed by atoms with Crippen molar-refractivity contribution in [1.82, 2.24) is 14.9 Å². The Labute approximate surface area is 117 Å². The molecule has 0 bridgehead atoms. The number of hydrogen-bond donors (Lipinski definition) is 1. The summed E-state index contributed by atoms with van der Waals surface area (Å²) >= 11 is 0. The summed E-state index contributed by atoms with van der Waals surface area (Å²) in [5.74, 6) is -0.307. The fraction of sp³-hybridized carbons (Fsp3) is 0.267. The van der Waals surface area contributed by atoms with Gasteiger partial charge in [-0.1, -0.05) is 30.3 Å². The molecule has 2 aromatic rings. The average molecular weight is 271 g/mol. The smallest absolute Gasteiger partial charge is 0.263 e. The van der Waals surface area contributed by atoms with Gasteiger partial charge in [-0.3, -0.25) is 9.59 Å². The molecule has 0 radical (unpaired) electrons. The molecule has 0 aliphatic carbocycles. The third kappa shape index (κ3) is 3.12. The first kappa shape index (κ1) is 14.0. The summed E-state index contributed by atoms with van der Waals surface area (Å²) in [7, 11) is 0. The van der Waals surface area contributed by atoms with Crippen molar-refractivity contribution >= 4 is 5.91 Å². The first-order chi connectivity index (χ1) is 9.59. The van der Waals surface area contributed by atoms with Crippen LogP contribution in [0.4, 0.5) is 0 Å². The average Bonchev–Trinajstić information content (AvgIpc) is 2.45. The Bertz CT molecular complexity index is 635. The summed E-state index contributed by atoms with van der Waals surface area (Å²) in [6.07, 6.45) is 2.58. The van der Waals surface area contributed by atoms with Gasteiger partial charge in [-0.15, -0.1) is 0 Å². The molecule has 0 atom stereocenters. The lowest BCUT2D eigenvalue weighted by Gasteiger charge is -2.26. The van der Waals surface area contributed by atoms with E-state index in [9.17, 15) is 9.59 Å². The molecule has 0 saturated carbocycles. The molecule has 0 saturated heterocycles. The van der Waals surface area contributed by atoms with Crippen LogP contribution in [0.5, 0.6) is 0 Å². The lowest BCUT2D eigenvalue weighted by molar-refractivity contribution is 0.0688. The number of hydrogen-bond acceptors (Lipinski definition) is 3. The van der Waals surface area contributed by atoms with Crippen molar-refractivity contribution < 1.29 is 4.79 Å². The van der Waals surface area contributed by atoms with Gasteiger partial charge in [0.15, 0.2) is 0 Å². The predicted octanol–water partition coefficient (Wildman–Crippen LogP) is 1.82. The molecular formula is C15H17N3O2. The van der Waals surface area contributed by atoms with Crippen molar-refractivity contribution in [1.29, 1.82) is 0 Å². The van der Waals surface area contributed by atoms with Gasteiger partial charge in [0.1, 0.15) is 5.56 Å². The van der Waals surface area contributed by atoms with Crippen LogP contribution in [0.2, 0.25) is 0 Å². The van der Waals surface area contributed by atoms with Gasteiger partial charge in [0.25, 0.3) is 11.5 Å². The van der Waals surface area contributed by atoms with Crippen LogP contribution in [0.3, 0.4) is 0 Å². The SMILES string of the molecule is CC(C)N(Cc1ccccc1)C(=O)c1cnc[nH]c1=O. The molecule has 1 heterocycles. The zero-order valence-electron chi connectivity index (χ0n) is 11.5. The van der Waals surface area contributed by atoms with Crippen LogP contribution >= 0.6 is 0 Å². The number of aromatic nitrogens is 2. The Morgan fingerprint density at radius 3 is 2.60 bits per heavy atom. The van der Waals surface area contributed by atoms with Gasteiger partial charge in [0.05, 0.1) is 6.33 Å². The highest BCUT2D eigenvalue weighted by molar-refractivity contribution is 5.93. The van der Waals surface area contributed by atoms with Gasteiger partial charge in [-0.25, -0.2) is 4.98 Å². The molecule has 2 rings (SSSR count). The third-order valence-corrected chi connectivity index (χ3v) is 3.03. The number of rotatable bonds is 4. The number of amides is 1. The summed E-state index contributed by atoms with van der Waals surface area (Å²) in [4.78, 5) is 32.1. The van der Waals surface area contributed by atoms with Crippen LogP contribution in [-0.4, -0.2) is 26.8 Å². The molecule has 104 valence electrons. The second kappa shape index (κ2) is 6.14. The Hall–Kier alpha value is -2.43. The molecule has 1 aromatic heterocycles. The minimum Gasteiger partial charge on any atom is -0.332 e. The quantitative estimate of drug-likeness (QED) is 0.922. The first-order valence-electron chi connectivity index (χ1n) is 6.47. The van der Waals surface area contributed by atoms with E-state index in [0.29, 0.717) is 6.54 Å². The second-order valence-electron chi connectivity index (χ2n) is 4.81. The maximum absolute atomic E-state index is 12.5. The molecule has 20 heavy (non-hydrogen) atoms. The van der Waals surface area contributed by atoms with E-state index in [4.69, 9.17) is 0 Å². The monoisotopic (exact) mass is 271 g/mol. The molecule has 1 amide bonds. The van der Waals surface area contributed by atoms with Crippen LogP contribution < -0.4 is 5.56 Å². The number of aromatic amines is 1.